The van der Waals surface area contributed by atoms with E-state index in [9.17, 15) is 5.11 Å². The molecular weight excluding hydrogens is 524 g/mol. The highest BCUT2D eigenvalue weighted by atomic mass is 79.9. The van der Waals surface area contributed by atoms with Crippen molar-refractivity contribution in [1.29, 1.82) is 0 Å². The van der Waals surface area contributed by atoms with E-state index in [1.807, 2.05) is 24.3 Å². The molecule has 188 valence electrons. The maximum Gasteiger partial charge on any atom is 0.217 e. The number of aliphatic hydroxyl groups is 1. The van der Waals surface area contributed by atoms with Crippen LogP contribution in [-0.4, -0.2) is 42.5 Å². The van der Waals surface area contributed by atoms with Crippen molar-refractivity contribution in [3.8, 4) is 5.88 Å². The largest absolute Gasteiger partial charge is 0.481 e. The van der Waals surface area contributed by atoms with E-state index in [-0.39, 0.29) is 17.9 Å². The minimum Gasteiger partial charge on any atom is -0.481 e. The van der Waals surface area contributed by atoms with Crippen molar-refractivity contribution < 1.29 is 22.2 Å². The van der Waals surface area contributed by atoms with Gasteiger partial charge in [-0.3, -0.25) is 0 Å². The second-order valence-electron chi connectivity index (χ2n) is 9.02. The number of methoxy groups -OCH3 is 1. The second-order valence-corrected chi connectivity index (χ2v) is 9.93. The summed E-state index contributed by atoms with van der Waals surface area (Å²) in [6.45, 7) is -6.56. The van der Waals surface area contributed by atoms with Crippen LogP contribution >= 0.6 is 15.9 Å². The van der Waals surface area contributed by atoms with Gasteiger partial charge in [0.1, 0.15) is 5.60 Å². The van der Waals surface area contributed by atoms with Crippen molar-refractivity contribution in [3.05, 3.63) is 118 Å². The van der Waals surface area contributed by atoms with Crippen LogP contribution in [-0.2, 0) is 5.60 Å². The molecule has 0 spiro atoms. The van der Waals surface area contributed by atoms with Crippen molar-refractivity contribution in [2.75, 3.05) is 27.5 Å². The number of ether oxygens (including phenoxy) is 1. The summed E-state index contributed by atoms with van der Waals surface area (Å²) in [5.41, 5.74) is -0.422. The molecule has 1 N–H and O–H groups in total. The highest BCUT2D eigenvalue weighted by Gasteiger charge is 2.43. The Morgan fingerprint density at radius 1 is 0.946 bits per heavy atom. The molecular formula is C32H31BrN2O2. The molecule has 1 heterocycles. The fraction of sp³-hybridized carbons (Fsp3) is 0.219. The zero-order valence-corrected chi connectivity index (χ0v) is 21.4. The molecule has 2 atom stereocenters. The first-order chi connectivity index (χ1) is 21.5. The summed E-state index contributed by atoms with van der Waals surface area (Å²) in [6.07, 6.45) is -0.374. The number of hydrogen-bond donors (Lipinski definition) is 1. The van der Waals surface area contributed by atoms with Gasteiger partial charge < -0.3 is 14.7 Å². The second kappa shape index (κ2) is 10.6. The molecule has 0 amide bonds. The molecule has 1 aromatic heterocycles. The maximum absolute atomic E-state index is 13.2. The molecule has 5 rings (SSSR count). The molecule has 0 saturated carbocycles. The number of rotatable bonds is 8. The zero-order chi connectivity index (χ0) is 33.5. The fourth-order valence-electron chi connectivity index (χ4n) is 5.11. The SMILES string of the molecule is [2H]C([2H])([2H])Oc1nc2ccc(Br)cc2cc1[C@@H](c1ccccc1)[C@@](O)(CCN(C([2H])([2H])[2H])C([2H])([2H])[2H])c1cccc2ccccc12. The molecule has 0 aliphatic heterocycles. The number of aromatic nitrogens is 1. The van der Waals surface area contributed by atoms with Crippen molar-refractivity contribution >= 4 is 37.6 Å². The van der Waals surface area contributed by atoms with Crippen molar-refractivity contribution in [3.63, 3.8) is 0 Å². The molecule has 0 bridgehead atoms. The van der Waals surface area contributed by atoms with Crippen LogP contribution in [0.4, 0.5) is 0 Å². The average molecular weight is 565 g/mol. The lowest BCUT2D eigenvalue weighted by Gasteiger charge is -2.39. The number of nitrogens with zero attached hydrogens (tertiary/aromatic N) is 2. The van der Waals surface area contributed by atoms with Gasteiger partial charge in [0.15, 0.2) is 0 Å². The summed E-state index contributed by atoms with van der Waals surface area (Å²) in [5, 5.41) is 15.3. The van der Waals surface area contributed by atoms with E-state index in [1.165, 1.54) is 0 Å². The lowest BCUT2D eigenvalue weighted by molar-refractivity contribution is 0.00520. The normalized spacial score (nSPS) is 18.7. The molecule has 5 heteroatoms. The molecule has 0 fully saturated rings. The van der Waals surface area contributed by atoms with Gasteiger partial charge in [0, 0.05) is 36.1 Å². The molecule has 0 saturated heterocycles. The number of fused-ring (bicyclic) bond motifs is 2. The van der Waals surface area contributed by atoms with Gasteiger partial charge in [-0.25, -0.2) is 4.98 Å². The Bertz CT molecular complexity index is 1830. The molecule has 0 aliphatic rings. The highest BCUT2D eigenvalue weighted by Crippen LogP contribution is 2.49. The Balaban J connectivity index is 1.86. The summed E-state index contributed by atoms with van der Waals surface area (Å²) >= 11 is 3.48. The molecule has 0 radical (unpaired) electrons. The maximum atomic E-state index is 13.2. The Morgan fingerprint density at radius 3 is 2.54 bits per heavy atom. The third-order valence-corrected chi connectivity index (χ3v) is 7.25. The summed E-state index contributed by atoms with van der Waals surface area (Å²) < 4.78 is 77.9. The molecule has 4 nitrogen and oxygen atoms in total. The van der Waals surface area contributed by atoms with Crippen LogP contribution in [0.3, 0.4) is 0 Å². The predicted molar refractivity (Wildman–Crippen MR) is 155 cm³/mol. The summed E-state index contributed by atoms with van der Waals surface area (Å²) in [6, 6.07) is 28.5. The van der Waals surface area contributed by atoms with Crippen LogP contribution in [0.2, 0.25) is 0 Å². The number of hydrogen-bond acceptors (Lipinski definition) is 4. The van der Waals surface area contributed by atoms with Gasteiger partial charge in [-0.15, -0.1) is 0 Å². The first kappa shape index (κ1) is 16.6. The number of halogens is 1. The van der Waals surface area contributed by atoms with Gasteiger partial charge in [-0.1, -0.05) is 88.7 Å². The van der Waals surface area contributed by atoms with Crippen LogP contribution in [0.1, 0.15) is 41.4 Å². The fourth-order valence-corrected chi connectivity index (χ4v) is 5.49. The van der Waals surface area contributed by atoms with Crippen LogP contribution in [0.25, 0.3) is 21.7 Å². The van der Waals surface area contributed by atoms with E-state index < -0.39 is 39.1 Å². The average Bonchev–Trinajstić information content (AvgIpc) is 2.96. The Hall–Kier alpha value is -3.25. The minimum atomic E-state index is -3.00. The van der Waals surface area contributed by atoms with Crippen molar-refractivity contribution in [1.82, 2.24) is 9.88 Å². The Kier molecular flexibility index (Phi) is 4.75. The third-order valence-electron chi connectivity index (χ3n) is 6.76. The number of benzene rings is 4. The van der Waals surface area contributed by atoms with Crippen LogP contribution < -0.4 is 4.74 Å². The van der Waals surface area contributed by atoms with Crippen LogP contribution in [0.15, 0.2) is 102 Å². The Labute approximate surface area is 239 Å². The summed E-state index contributed by atoms with van der Waals surface area (Å²) in [4.78, 5) is 5.00. The molecule has 0 unspecified atom stereocenters. The highest BCUT2D eigenvalue weighted by molar-refractivity contribution is 9.10. The van der Waals surface area contributed by atoms with Crippen molar-refractivity contribution in [2.24, 2.45) is 0 Å². The van der Waals surface area contributed by atoms with E-state index in [2.05, 4.69) is 20.9 Å². The smallest absolute Gasteiger partial charge is 0.217 e. The quantitative estimate of drug-likeness (QED) is 0.218. The van der Waals surface area contributed by atoms with E-state index in [4.69, 9.17) is 17.1 Å². The molecule has 37 heavy (non-hydrogen) atoms. The standard InChI is InChI=1S/C32H31BrN2O2/c1-35(2)19-18-32(36,28-15-9-13-22-10-7-8-14-26(22)28)30(23-11-5-4-6-12-23)27-21-24-20-25(33)16-17-29(24)34-31(27)37-3/h4-17,20-21,30,36H,18-19H2,1-3H3/t30-,32-/m1/s1/i1D3,2D3,3D3. The van der Waals surface area contributed by atoms with E-state index in [1.54, 1.807) is 72.8 Å². The minimum absolute atomic E-state index is 0.220. The summed E-state index contributed by atoms with van der Waals surface area (Å²) in [7, 11) is -2.90. The van der Waals surface area contributed by atoms with E-state index in [0.29, 0.717) is 32.3 Å². The third kappa shape index (κ3) is 4.99. The van der Waals surface area contributed by atoms with Gasteiger partial charge in [0.2, 0.25) is 5.88 Å². The molecule has 0 aliphatic carbocycles. The van der Waals surface area contributed by atoms with Crippen LogP contribution in [0.5, 0.6) is 5.88 Å². The zero-order valence-electron chi connectivity index (χ0n) is 28.9. The lowest BCUT2D eigenvalue weighted by atomic mass is 9.70. The topological polar surface area (TPSA) is 45.6 Å². The van der Waals surface area contributed by atoms with Gasteiger partial charge >= 0.3 is 0 Å². The monoisotopic (exact) mass is 563 g/mol. The Morgan fingerprint density at radius 2 is 1.73 bits per heavy atom. The van der Waals surface area contributed by atoms with E-state index >= 15 is 0 Å². The van der Waals surface area contributed by atoms with Gasteiger partial charge in [-0.2, -0.15) is 0 Å². The predicted octanol–water partition coefficient (Wildman–Crippen LogP) is 7.13. The molecule has 5 aromatic rings. The lowest BCUT2D eigenvalue weighted by Crippen LogP contribution is -2.38. The van der Waals surface area contributed by atoms with Gasteiger partial charge in [-0.05, 0) is 66.5 Å². The van der Waals surface area contributed by atoms with E-state index in [0.717, 1.165) is 9.86 Å². The summed E-state index contributed by atoms with van der Waals surface area (Å²) in [5.74, 6) is -1.35. The molecule has 4 aromatic carbocycles. The van der Waals surface area contributed by atoms with Crippen molar-refractivity contribution in [2.45, 2.75) is 17.9 Å². The first-order valence-corrected chi connectivity index (χ1v) is 12.6. The van der Waals surface area contributed by atoms with Crippen LogP contribution in [0, 0.1) is 0 Å². The number of pyridine rings is 1. The van der Waals surface area contributed by atoms with Gasteiger partial charge in [0.25, 0.3) is 0 Å². The first-order valence-electron chi connectivity index (χ1n) is 16.3. The van der Waals surface area contributed by atoms with Gasteiger partial charge in [0.05, 0.1) is 16.7 Å².